The Kier molecular flexibility index (Phi) is 6.04. The first-order valence-corrected chi connectivity index (χ1v) is 7.17. The van der Waals surface area contributed by atoms with Crippen molar-refractivity contribution >= 4 is 17.8 Å². The van der Waals surface area contributed by atoms with Crippen LogP contribution in [-0.2, 0) is 22.5 Å². The maximum atomic E-state index is 11.8. The molecule has 0 radical (unpaired) electrons. The summed E-state index contributed by atoms with van der Waals surface area (Å²) in [6.07, 6.45) is 4.88. The Labute approximate surface area is 133 Å². The molecule has 2 N–H and O–H groups in total. The van der Waals surface area contributed by atoms with E-state index in [-0.39, 0.29) is 24.9 Å². The van der Waals surface area contributed by atoms with Crippen LogP contribution < -0.4 is 10.6 Å². The molecule has 2 amide bonds. The van der Waals surface area contributed by atoms with Crippen molar-refractivity contribution in [2.45, 2.75) is 19.9 Å². The second-order valence-corrected chi connectivity index (χ2v) is 4.56. The number of nitrogens with one attached hydrogen (secondary N) is 2. The van der Waals surface area contributed by atoms with Gasteiger partial charge in [-0.2, -0.15) is 9.90 Å². The number of hydrogen-bond donors (Lipinski definition) is 2. The highest BCUT2D eigenvalue weighted by molar-refractivity contribution is 5.83. The van der Waals surface area contributed by atoms with Gasteiger partial charge in [-0.15, -0.1) is 5.10 Å². The molecule has 0 aliphatic rings. The zero-order valence-electron chi connectivity index (χ0n) is 12.7. The minimum absolute atomic E-state index is 0.0269. The number of rotatable bonds is 7. The predicted molar refractivity (Wildman–Crippen MR) is 81.6 cm³/mol. The van der Waals surface area contributed by atoms with Crippen LogP contribution in [-0.4, -0.2) is 45.1 Å². The van der Waals surface area contributed by atoms with Crippen molar-refractivity contribution in [1.82, 2.24) is 25.3 Å². The summed E-state index contributed by atoms with van der Waals surface area (Å²) >= 11 is 0. The Morgan fingerprint density at radius 3 is 2.83 bits per heavy atom. The molecule has 0 bridgehead atoms. The van der Waals surface area contributed by atoms with Crippen molar-refractivity contribution in [3.05, 3.63) is 36.3 Å². The second-order valence-electron chi connectivity index (χ2n) is 4.56. The lowest BCUT2D eigenvalue weighted by molar-refractivity contribution is -0.122. The fourth-order valence-corrected chi connectivity index (χ4v) is 1.78. The third kappa shape index (κ3) is 5.73. The SMILES string of the molecule is CCOC(=O)Nc1cnn(CC(=O)NCCc2ccncc2)n1. The first-order valence-electron chi connectivity index (χ1n) is 7.17. The quantitative estimate of drug-likeness (QED) is 0.773. The van der Waals surface area contributed by atoms with Gasteiger partial charge in [-0.1, -0.05) is 0 Å². The molecular weight excluding hydrogens is 300 g/mol. The second kappa shape index (κ2) is 8.47. The third-order valence-electron chi connectivity index (χ3n) is 2.81. The number of hydrogen-bond acceptors (Lipinski definition) is 6. The Bertz CT molecular complexity index is 643. The molecule has 0 saturated carbocycles. The first kappa shape index (κ1) is 16.4. The van der Waals surface area contributed by atoms with E-state index in [0.29, 0.717) is 6.54 Å². The lowest BCUT2D eigenvalue weighted by atomic mass is 10.2. The highest BCUT2D eigenvalue weighted by atomic mass is 16.5. The van der Waals surface area contributed by atoms with Crippen LogP contribution in [0.25, 0.3) is 0 Å². The number of pyridine rings is 1. The van der Waals surface area contributed by atoms with Crippen LogP contribution in [0.15, 0.2) is 30.7 Å². The van der Waals surface area contributed by atoms with Crippen molar-refractivity contribution in [3.63, 3.8) is 0 Å². The molecule has 0 aromatic carbocycles. The molecule has 0 fully saturated rings. The van der Waals surface area contributed by atoms with Crippen molar-refractivity contribution < 1.29 is 14.3 Å². The van der Waals surface area contributed by atoms with E-state index >= 15 is 0 Å². The Hall–Kier alpha value is -2.97. The molecule has 0 atom stereocenters. The van der Waals surface area contributed by atoms with Crippen LogP contribution in [0.5, 0.6) is 0 Å². The van der Waals surface area contributed by atoms with E-state index in [4.69, 9.17) is 4.74 Å². The average molecular weight is 318 g/mol. The Morgan fingerprint density at radius 2 is 2.09 bits per heavy atom. The van der Waals surface area contributed by atoms with Gasteiger partial charge in [-0.25, -0.2) is 4.79 Å². The molecule has 23 heavy (non-hydrogen) atoms. The largest absolute Gasteiger partial charge is 0.450 e. The molecule has 2 aromatic heterocycles. The van der Waals surface area contributed by atoms with Gasteiger partial charge in [0.2, 0.25) is 5.91 Å². The van der Waals surface area contributed by atoms with Gasteiger partial charge in [0.05, 0.1) is 12.8 Å². The smallest absolute Gasteiger partial charge is 0.412 e. The summed E-state index contributed by atoms with van der Waals surface area (Å²) in [7, 11) is 0. The van der Waals surface area contributed by atoms with Crippen LogP contribution in [0.3, 0.4) is 0 Å². The number of ether oxygens (including phenoxy) is 1. The highest BCUT2D eigenvalue weighted by Crippen LogP contribution is 2.00. The summed E-state index contributed by atoms with van der Waals surface area (Å²) < 4.78 is 4.72. The summed E-state index contributed by atoms with van der Waals surface area (Å²) in [4.78, 5) is 28.2. The van der Waals surface area contributed by atoms with Gasteiger partial charge in [0.15, 0.2) is 5.82 Å². The highest BCUT2D eigenvalue weighted by Gasteiger charge is 2.08. The van der Waals surface area contributed by atoms with Gasteiger partial charge in [0, 0.05) is 18.9 Å². The standard InChI is InChI=1S/C14H18N6O3/c1-2-23-14(22)18-12-9-17-20(19-12)10-13(21)16-8-5-11-3-6-15-7-4-11/h3-4,6-7,9H,2,5,8,10H2,1H3,(H,16,21)(H,18,19,22). The lowest BCUT2D eigenvalue weighted by Gasteiger charge is -2.04. The molecular formula is C14H18N6O3. The number of aromatic nitrogens is 4. The molecule has 0 aliphatic carbocycles. The van der Waals surface area contributed by atoms with E-state index in [1.165, 1.54) is 11.0 Å². The van der Waals surface area contributed by atoms with Gasteiger partial charge in [0.1, 0.15) is 6.54 Å². The van der Waals surface area contributed by atoms with E-state index in [1.54, 1.807) is 19.3 Å². The van der Waals surface area contributed by atoms with Gasteiger partial charge in [-0.3, -0.25) is 15.1 Å². The molecule has 2 rings (SSSR count). The molecule has 0 spiro atoms. The van der Waals surface area contributed by atoms with Crippen LogP contribution >= 0.6 is 0 Å². The first-order chi connectivity index (χ1) is 11.2. The number of carbonyl (C=O) groups is 2. The summed E-state index contributed by atoms with van der Waals surface area (Å²) in [6, 6.07) is 3.79. The van der Waals surface area contributed by atoms with Crippen LogP contribution in [0.1, 0.15) is 12.5 Å². The van der Waals surface area contributed by atoms with Crippen molar-refractivity contribution in [1.29, 1.82) is 0 Å². The normalized spacial score (nSPS) is 10.1. The molecule has 9 nitrogen and oxygen atoms in total. The lowest BCUT2D eigenvalue weighted by Crippen LogP contribution is -2.30. The maximum Gasteiger partial charge on any atom is 0.412 e. The number of carbonyl (C=O) groups excluding carboxylic acids is 2. The van der Waals surface area contributed by atoms with E-state index in [0.717, 1.165) is 12.0 Å². The van der Waals surface area contributed by atoms with Gasteiger partial charge in [-0.05, 0) is 31.0 Å². The molecule has 122 valence electrons. The molecule has 0 aliphatic heterocycles. The fraction of sp³-hybridized carbons (Fsp3) is 0.357. The van der Waals surface area contributed by atoms with Crippen LogP contribution in [0.2, 0.25) is 0 Å². The maximum absolute atomic E-state index is 11.8. The monoisotopic (exact) mass is 318 g/mol. The van der Waals surface area contributed by atoms with E-state index in [9.17, 15) is 9.59 Å². The van der Waals surface area contributed by atoms with Gasteiger partial charge in [0.25, 0.3) is 0 Å². The van der Waals surface area contributed by atoms with Gasteiger partial charge < -0.3 is 10.1 Å². The molecule has 0 saturated heterocycles. The molecule has 0 unspecified atom stereocenters. The van der Waals surface area contributed by atoms with Crippen LogP contribution in [0, 0.1) is 0 Å². The topological polar surface area (TPSA) is 111 Å². The van der Waals surface area contributed by atoms with Gasteiger partial charge >= 0.3 is 6.09 Å². The van der Waals surface area contributed by atoms with E-state index < -0.39 is 6.09 Å². The fourth-order valence-electron chi connectivity index (χ4n) is 1.78. The zero-order chi connectivity index (χ0) is 16.5. The summed E-state index contributed by atoms with van der Waals surface area (Å²) in [5.74, 6) is 0.0189. The van der Waals surface area contributed by atoms with Crippen LogP contribution in [0.4, 0.5) is 10.6 Å². The van der Waals surface area contributed by atoms with E-state index in [1.807, 2.05) is 12.1 Å². The summed E-state index contributed by atoms with van der Waals surface area (Å²) in [5, 5.41) is 13.1. The van der Waals surface area contributed by atoms with Crippen molar-refractivity contribution in [2.24, 2.45) is 0 Å². The summed E-state index contributed by atoms with van der Waals surface area (Å²) in [6.45, 7) is 2.45. The van der Waals surface area contributed by atoms with Crippen molar-refractivity contribution in [3.8, 4) is 0 Å². The van der Waals surface area contributed by atoms with E-state index in [2.05, 4.69) is 25.8 Å². The average Bonchev–Trinajstić information content (AvgIpc) is 2.95. The molecule has 2 aromatic rings. The Balaban J connectivity index is 1.73. The summed E-state index contributed by atoms with van der Waals surface area (Å²) in [5.41, 5.74) is 1.10. The Morgan fingerprint density at radius 1 is 1.30 bits per heavy atom. The number of anilines is 1. The zero-order valence-corrected chi connectivity index (χ0v) is 12.7. The molecule has 9 heteroatoms. The third-order valence-corrected chi connectivity index (χ3v) is 2.81. The molecule has 2 heterocycles. The minimum Gasteiger partial charge on any atom is -0.450 e. The minimum atomic E-state index is -0.610. The number of nitrogens with zero attached hydrogens (tertiary/aromatic N) is 4. The van der Waals surface area contributed by atoms with Crippen molar-refractivity contribution in [2.75, 3.05) is 18.5 Å². The predicted octanol–water partition coefficient (Wildman–Crippen LogP) is 0.600. The number of amides is 2.